The lowest BCUT2D eigenvalue weighted by Crippen LogP contribution is -2.36. The highest BCUT2D eigenvalue weighted by molar-refractivity contribution is 5.76. The van der Waals surface area contributed by atoms with Gasteiger partial charge < -0.3 is 15.5 Å². The number of nitrogens with one attached hydrogen (secondary N) is 2. The van der Waals surface area contributed by atoms with Gasteiger partial charge in [0.05, 0.1) is 0 Å². The molecule has 0 spiro atoms. The lowest BCUT2D eigenvalue weighted by atomic mass is 9.94. The zero-order valence-electron chi connectivity index (χ0n) is 12.2. The van der Waals surface area contributed by atoms with Crippen molar-refractivity contribution in [2.45, 2.75) is 45.1 Å². The number of hydrogen-bond acceptors (Lipinski definition) is 3. The molecule has 0 bridgehead atoms. The Hall–Kier alpha value is -0.610. The van der Waals surface area contributed by atoms with Gasteiger partial charge in [-0.05, 0) is 72.3 Å². The summed E-state index contributed by atoms with van der Waals surface area (Å²) in [5.41, 5.74) is 0. The zero-order chi connectivity index (χ0) is 13.4. The fourth-order valence-electron chi connectivity index (χ4n) is 2.38. The van der Waals surface area contributed by atoms with E-state index in [1.165, 1.54) is 12.8 Å². The smallest absolute Gasteiger partial charge is 0.220 e. The van der Waals surface area contributed by atoms with Crippen LogP contribution in [0.2, 0.25) is 0 Å². The molecule has 1 amide bonds. The third kappa shape index (κ3) is 6.97. The Kier molecular flexibility index (Phi) is 7.28. The molecule has 1 fully saturated rings. The van der Waals surface area contributed by atoms with Gasteiger partial charge in [-0.3, -0.25) is 4.79 Å². The van der Waals surface area contributed by atoms with Crippen molar-refractivity contribution >= 4 is 5.91 Å². The molecular formula is C14H29N3O. The van der Waals surface area contributed by atoms with Gasteiger partial charge in [-0.1, -0.05) is 0 Å². The predicted molar refractivity (Wildman–Crippen MR) is 75.6 cm³/mol. The van der Waals surface area contributed by atoms with E-state index in [0.29, 0.717) is 12.3 Å². The molecular weight excluding hydrogens is 226 g/mol. The van der Waals surface area contributed by atoms with E-state index in [1.807, 2.05) is 0 Å². The monoisotopic (exact) mass is 255 g/mol. The number of rotatable bonds is 7. The van der Waals surface area contributed by atoms with Crippen molar-refractivity contribution in [1.82, 2.24) is 15.5 Å². The van der Waals surface area contributed by atoms with Crippen LogP contribution in [0, 0.1) is 5.92 Å². The van der Waals surface area contributed by atoms with Gasteiger partial charge in [0.1, 0.15) is 0 Å². The van der Waals surface area contributed by atoms with Crippen molar-refractivity contribution in [2.24, 2.45) is 5.92 Å². The van der Waals surface area contributed by atoms with Crippen LogP contribution < -0.4 is 10.6 Å². The second kappa shape index (κ2) is 8.48. The van der Waals surface area contributed by atoms with Gasteiger partial charge in [-0.15, -0.1) is 0 Å². The summed E-state index contributed by atoms with van der Waals surface area (Å²) >= 11 is 0. The maximum absolute atomic E-state index is 11.8. The van der Waals surface area contributed by atoms with Gasteiger partial charge in [-0.2, -0.15) is 0 Å². The van der Waals surface area contributed by atoms with E-state index in [4.69, 9.17) is 0 Å². The van der Waals surface area contributed by atoms with E-state index in [-0.39, 0.29) is 11.9 Å². The largest absolute Gasteiger partial charge is 0.354 e. The number of hydrogen-bond donors (Lipinski definition) is 2. The van der Waals surface area contributed by atoms with Crippen LogP contribution in [0.3, 0.4) is 0 Å². The Morgan fingerprint density at radius 2 is 2.28 bits per heavy atom. The van der Waals surface area contributed by atoms with Crippen LogP contribution >= 0.6 is 0 Å². The molecule has 1 saturated heterocycles. The Labute approximate surface area is 111 Å². The van der Waals surface area contributed by atoms with Crippen LogP contribution in [0.5, 0.6) is 0 Å². The van der Waals surface area contributed by atoms with Crippen LogP contribution in [0.1, 0.15) is 39.0 Å². The average molecular weight is 255 g/mol. The number of carbonyl (C=O) groups is 1. The highest BCUT2D eigenvalue weighted by Gasteiger charge is 2.15. The Morgan fingerprint density at radius 1 is 1.50 bits per heavy atom. The number of carbonyl (C=O) groups excluding carboxylic acids is 1. The van der Waals surface area contributed by atoms with Crippen LogP contribution in [0.25, 0.3) is 0 Å². The molecule has 1 aliphatic heterocycles. The fraction of sp³-hybridized carbons (Fsp3) is 0.929. The molecule has 4 heteroatoms. The average Bonchev–Trinajstić information content (AvgIpc) is 2.35. The van der Waals surface area contributed by atoms with E-state index < -0.39 is 0 Å². The Morgan fingerprint density at radius 3 is 2.89 bits per heavy atom. The van der Waals surface area contributed by atoms with Gasteiger partial charge >= 0.3 is 0 Å². The van der Waals surface area contributed by atoms with E-state index >= 15 is 0 Å². The molecule has 106 valence electrons. The SMILES string of the molecule is CC(CCN(C)C)NC(=O)CCC1CCCNC1. The molecule has 2 N–H and O–H groups in total. The first-order valence-corrected chi connectivity index (χ1v) is 7.22. The Bertz CT molecular complexity index is 237. The van der Waals surface area contributed by atoms with Crippen LogP contribution in [-0.2, 0) is 4.79 Å². The molecule has 1 aliphatic rings. The van der Waals surface area contributed by atoms with E-state index in [0.717, 1.165) is 32.5 Å². The maximum Gasteiger partial charge on any atom is 0.220 e. The molecule has 0 radical (unpaired) electrons. The van der Waals surface area contributed by atoms with E-state index in [1.54, 1.807) is 0 Å². The topological polar surface area (TPSA) is 44.4 Å². The molecule has 1 heterocycles. The van der Waals surface area contributed by atoms with Crippen LogP contribution in [-0.4, -0.2) is 50.6 Å². The number of nitrogens with zero attached hydrogens (tertiary/aromatic N) is 1. The van der Waals surface area contributed by atoms with Crippen molar-refractivity contribution in [2.75, 3.05) is 33.7 Å². The number of piperidine rings is 1. The van der Waals surface area contributed by atoms with Crippen molar-refractivity contribution in [3.05, 3.63) is 0 Å². The van der Waals surface area contributed by atoms with Crippen molar-refractivity contribution < 1.29 is 4.79 Å². The minimum atomic E-state index is 0.215. The Balaban J connectivity index is 2.08. The first-order valence-electron chi connectivity index (χ1n) is 7.22. The van der Waals surface area contributed by atoms with Gasteiger partial charge in [0.2, 0.25) is 5.91 Å². The predicted octanol–water partition coefficient (Wildman–Crippen LogP) is 1.22. The summed E-state index contributed by atoms with van der Waals surface area (Å²) in [5, 5.41) is 6.48. The lowest BCUT2D eigenvalue weighted by molar-refractivity contribution is -0.122. The minimum Gasteiger partial charge on any atom is -0.354 e. The maximum atomic E-state index is 11.8. The summed E-state index contributed by atoms with van der Waals surface area (Å²) in [5.74, 6) is 0.911. The summed E-state index contributed by atoms with van der Waals surface area (Å²) in [4.78, 5) is 13.9. The van der Waals surface area contributed by atoms with E-state index in [9.17, 15) is 4.79 Å². The molecule has 4 nitrogen and oxygen atoms in total. The van der Waals surface area contributed by atoms with Crippen molar-refractivity contribution in [3.63, 3.8) is 0 Å². The van der Waals surface area contributed by atoms with Gasteiger partial charge in [0.25, 0.3) is 0 Å². The van der Waals surface area contributed by atoms with Crippen molar-refractivity contribution in [1.29, 1.82) is 0 Å². The van der Waals surface area contributed by atoms with Gasteiger partial charge in [-0.25, -0.2) is 0 Å². The molecule has 0 aromatic rings. The van der Waals surface area contributed by atoms with E-state index in [2.05, 4.69) is 36.6 Å². The summed E-state index contributed by atoms with van der Waals surface area (Å²) in [7, 11) is 4.12. The summed E-state index contributed by atoms with van der Waals surface area (Å²) < 4.78 is 0. The fourth-order valence-corrected chi connectivity index (χ4v) is 2.38. The summed E-state index contributed by atoms with van der Waals surface area (Å²) in [6, 6.07) is 0.282. The second-order valence-electron chi connectivity index (χ2n) is 5.81. The number of amides is 1. The molecule has 0 aliphatic carbocycles. The van der Waals surface area contributed by atoms with Gasteiger partial charge in [0.15, 0.2) is 0 Å². The summed E-state index contributed by atoms with van der Waals surface area (Å²) in [6.07, 6.45) is 5.25. The third-order valence-electron chi connectivity index (χ3n) is 3.60. The third-order valence-corrected chi connectivity index (χ3v) is 3.60. The normalized spacial score (nSPS) is 21.9. The highest BCUT2D eigenvalue weighted by atomic mass is 16.1. The molecule has 0 saturated carbocycles. The van der Waals surface area contributed by atoms with Crippen LogP contribution in [0.15, 0.2) is 0 Å². The first-order chi connectivity index (χ1) is 8.58. The molecule has 2 unspecified atom stereocenters. The van der Waals surface area contributed by atoms with Gasteiger partial charge in [0, 0.05) is 12.5 Å². The molecule has 18 heavy (non-hydrogen) atoms. The molecule has 0 aromatic carbocycles. The quantitative estimate of drug-likeness (QED) is 0.719. The zero-order valence-corrected chi connectivity index (χ0v) is 12.2. The molecule has 2 atom stereocenters. The standard InChI is InChI=1S/C14H29N3O/c1-12(8-10-17(2)3)16-14(18)7-6-13-5-4-9-15-11-13/h12-13,15H,4-11H2,1-3H3,(H,16,18). The highest BCUT2D eigenvalue weighted by Crippen LogP contribution is 2.15. The molecule has 1 rings (SSSR count). The lowest BCUT2D eigenvalue weighted by Gasteiger charge is -2.23. The second-order valence-corrected chi connectivity index (χ2v) is 5.81. The van der Waals surface area contributed by atoms with Crippen molar-refractivity contribution in [3.8, 4) is 0 Å². The van der Waals surface area contributed by atoms with Crippen LogP contribution in [0.4, 0.5) is 0 Å². The first kappa shape index (κ1) is 15.4. The summed E-state index contributed by atoms with van der Waals surface area (Å²) in [6.45, 7) is 5.34. The minimum absolute atomic E-state index is 0.215. The molecule has 0 aromatic heterocycles.